The largest absolute Gasteiger partial charge is 0.494 e. The molecule has 2 aromatic carbocycles. The zero-order valence-electron chi connectivity index (χ0n) is 15.4. The van der Waals surface area contributed by atoms with E-state index in [1.54, 1.807) is 18.2 Å². The summed E-state index contributed by atoms with van der Waals surface area (Å²) in [4.78, 5) is 11.9. The van der Waals surface area contributed by atoms with Gasteiger partial charge in [-0.05, 0) is 47.9 Å². The molecule has 0 saturated heterocycles. The highest BCUT2D eigenvalue weighted by Crippen LogP contribution is 2.29. The van der Waals surface area contributed by atoms with Crippen LogP contribution >= 0.6 is 0 Å². The van der Waals surface area contributed by atoms with Crippen LogP contribution < -0.4 is 19.5 Å². The Kier molecular flexibility index (Phi) is 7.74. The number of rotatable bonds is 9. The first-order chi connectivity index (χ1) is 13.4. The van der Waals surface area contributed by atoms with Gasteiger partial charge in [0.2, 0.25) is 5.91 Å². The molecule has 0 unspecified atom stereocenters. The normalized spacial score (nSPS) is 10.9. The Labute approximate surface area is 160 Å². The molecular weight excluding hydrogens is 375 g/mol. The highest BCUT2D eigenvalue weighted by molar-refractivity contribution is 5.91. The molecule has 28 heavy (non-hydrogen) atoms. The summed E-state index contributed by atoms with van der Waals surface area (Å²) in [6.07, 6.45) is 3.24. The smallest absolute Gasteiger partial charge is 0.387 e. The highest BCUT2D eigenvalue weighted by Gasteiger charge is 2.11. The molecule has 2 rings (SSSR count). The van der Waals surface area contributed by atoms with E-state index in [0.29, 0.717) is 18.5 Å². The van der Waals surface area contributed by atoms with Crippen molar-refractivity contribution in [3.63, 3.8) is 0 Å². The fraction of sp³-hybridized carbons (Fsp3) is 0.250. The van der Waals surface area contributed by atoms with Gasteiger partial charge in [0.15, 0.2) is 23.1 Å². The van der Waals surface area contributed by atoms with Gasteiger partial charge in [-0.15, -0.1) is 0 Å². The minimum atomic E-state index is -2.94. The second kappa shape index (κ2) is 10.2. The SMILES string of the molecule is COc1ccc(/C=C/C(=O)NCCc2ccc(OC(F)F)c(OC)c2)cc1F. The maximum absolute atomic E-state index is 13.6. The summed E-state index contributed by atoms with van der Waals surface area (Å²) in [7, 11) is 2.72. The number of nitrogens with one attached hydrogen (secondary N) is 1. The minimum Gasteiger partial charge on any atom is -0.494 e. The number of methoxy groups -OCH3 is 2. The van der Waals surface area contributed by atoms with E-state index in [4.69, 9.17) is 9.47 Å². The molecule has 5 nitrogen and oxygen atoms in total. The van der Waals surface area contributed by atoms with Gasteiger partial charge in [-0.1, -0.05) is 12.1 Å². The lowest BCUT2D eigenvalue weighted by atomic mass is 10.1. The molecular formula is C20H20F3NO4. The van der Waals surface area contributed by atoms with Crippen molar-refractivity contribution in [2.24, 2.45) is 0 Å². The number of alkyl halides is 2. The second-order valence-electron chi connectivity index (χ2n) is 5.63. The van der Waals surface area contributed by atoms with E-state index < -0.39 is 12.4 Å². The van der Waals surface area contributed by atoms with E-state index in [1.165, 1.54) is 44.6 Å². The van der Waals surface area contributed by atoms with E-state index in [9.17, 15) is 18.0 Å². The van der Waals surface area contributed by atoms with E-state index in [2.05, 4.69) is 10.1 Å². The van der Waals surface area contributed by atoms with Crippen molar-refractivity contribution in [2.75, 3.05) is 20.8 Å². The molecule has 0 spiro atoms. The topological polar surface area (TPSA) is 56.8 Å². The van der Waals surface area contributed by atoms with E-state index >= 15 is 0 Å². The number of hydrogen-bond donors (Lipinski definition) is 1. The first kappa shape index (κ1) is 21.1. The lowest BCUT2D eigenvalue weighted by molar-refractivity contribution is -0.116. The van der Waals surface area contributed by atoms with Gasteiger partial charge in [0.25, 0.3) is 0 Å². The van der Waals surface area contributed by atoms with Gasteiger partial charge in [0, 0.05) is 12.6 Å². The molecule has 2 aromatic rings. The molecule has 0 bridgehead atoms. The Hall–Kier alpha value is -3.16. The van der Waals surface area contributed by atoms with Gasteiger partial charge in [-0.25, -0.2) is 4.39 Å². The first-order valence-corrected chi connectivity index (χ1v) is 8.34. The Morgan fingerprint density at radius 2 is 1.79 bits per heavy atom. The Morgan fingerprint density at radius 1 is 1.07 bits per heavy atom. The fourth-order valence-electron chi connectivity index (χ4n) is 2.41. The summed E-state index contributed by atoms with van der Waals surface area (Å²) in [5.41, 5.74) is 1.30. The third-order valence-corrected chi connectivity index (χ3v) is 3.76. The molecule has 0 aliphatic carbocycles. The summed E-state index contributed by atoms with van der Waals surface area (Å²) < 4.78 is 52.5. The van der Waals surface area contributed by atoms with Gasteiger partial charge in [-0.2, -0.15) is 8.78 Å². The van der Waals surface area contributed by atoms with Crippen molar-refractivity contribution in [1.82, 2.24) is 5.32 Å². The molecule has 0 aliphatic rings. The minimum absolute atomic E-state index is 0.0556. The number of carbonyl (C=O) groups excluding carboxylic acids is 1. The average molecular weight is 395 g/mol. The number of benzene rings is 2. The third-order valence-electron chi connectivity index (χ3n) is 3.76. The van der Waals surface area contributed by atoms with E-state index in [1.807, 2.05) is 0 Å². The van der Waals surface area contributed by atoms with Crippen LogP contribution in [0.1, 0.15) is 11.1 Å². The predicted molar refractivity (Wildman–Crippen MR) is 98.3 cm³/mol. The maximum Gasteiger partial charge on any atom is 0.387 e. The average Bonchev–Trinajstić information content (AvgIpc) is 2.67. The standard InChI is InChI=1S/C20H20F3NO4/c1-26-16-6-3-13(11-15(16)21)5-8-19(25)24-10-9-14-4-7-17(28-20(22)23)18(12-14)27-2/h3-8,11-12,20H,9-10H2,1-2H3,(H,24,25)/b8-5+. The third kappa shape index (κ3) is 6.22. The highest BCUT2D eigenvalue weighted by atomic mass is 19.3. The summed E-state index contributed by atoms with van der Waals surface area (Å²) in [5.74, 6) is -0.605. The lowest BCUT2D eigenvalue weighted by Gasteiger charge is -2.11. The molecule has 0 atom stereocenters. The number of halogens is 3. The van der Waals surface area contributed by atoms with E-state index in [-0.39, 0.29) is 23.2 Å². The molecule has 1 amide bonds. The van der Waals surface area contributed by atoms with Crippen molar-refractivity contribution in [1.29, 1.82) is 0 Å². The number of carbonyl (C=O) groups is 1. The van der Waals surface area contributed by atoms with Crippen LogP contribution in [0, 0.1) is 5.82 Å². The Balaban J connectivity index is 1.87. The maximum atomic E-state index is 13.6. The summed E-state index contributed by atoms with van der Waals surface area (Å²) in [6.45, 7) is -2.62. The van der Waals surface area contributed by atoms with Crippen LogP contribution in [0.5, 0.6) is 17.2 Å². The zero-order valence-corrected chi connectivity index (χ0v) is 15.4. The van der Waals surface area contributed by atoms with Gasteiger partial charge in [0.1, 0.15) is 0 Å². The fourth-order valence-corrected chi connectivity index (χ4v) is 2.41. The van der Waals surface area contributed by atoms with Gasteiger partial charge in [0.05, 0.1) is 14.2 Å². The Morgan fingerprint density at radius 3 is 2.43 bits per heavy atom. The van der Waals surface area contributed by atoms with Crippen LogP contribution in [0.25, 0.3) is 6.08 Å². The summed E-state index contributed by atoms with van der Waals surface area (Å²) in [6, 6.07) is 8.93. The monoisotopic (exact) mass is 395 g/mol. The van der Waals surface area contributed by atoms with Gasteiger partial charge in [-0.3, -0.25) is 4.79 Å². The van der Waals surface area contributed by atoms with Crippen LogP contribution in [-0.2, 0) is 11.2 Å². The second-order valence-corrected chi connectivity index (χ2v) is 5.63. The molecule has 0 radical (unpaired) electrons. The zero-order chi connectivity index (χ0) is 20.5. The van der Waals surface area contributed by atoms with Gasteiger partial charge < -0.3 is 19.5 Å². The van der Waals surface area contributed by atoms with Crippen LogP contribution in [0.4, 0.5) is 13.2 Å². The van der Waals surface area contributed by atoms with E-state index in [0.717, 1.165) is 5.56 Å². The van der Waals surface area contributed by atoms with Crippen molar-refractivity contribution in [2.45, 2.75) is 13.0 Å². The summed E-state index contributed by atoms with van der Waals surface area (Å²) >= 11 is 0. The molecule has 0 heterocycles. The number of amides is 1. The predicted octanol–water partition coefficient (Wildman–Crippen LogP) is 3.82. The van der Waals surface area contributed by atoms with Crippen LogP contribution in [0.15, 0.2) is 42.5 Å². The summed E-state index contributed by atoms with van der Waals surface area (Å²) in [5, 5.41) is 2.69. The van der Waals surface area contributed by atoms with Crippen LogP contribution in [0.3, 0.4) is 0 Å². The molecule has 150 valence electrons. The lowest BCUT2D eigenvalue weighted by Crippen LogP contribution is -2.23. The van der Waals surface area contributed by atoms with Gasteiger partial charge >= 0.3 is 6.61 Å². The number of ether oxygens (including phenoxy) is 3. The molecule has 0 aromatic heterocycles. The van der Waals surface area contributed by atoms with Crippen molar-refractivity contribution in [3.8, 4) is 17.2 Å². The molecule has 0 fully saturated rings. The molecule has 8 heteroatoms. The van der Waals surface area contributed by atoms with Crippen LogP contribution in [0.2, 0.25) is 0 Å². The van der Waals surface area contributed by atoms with Crippen LogP contribution in [-0.4, -0.2) is 33.3 Å². The molecule has 0 aliphatic heterocycles. The Bertz CT molecular complexity index is 840. The molecule has 0 saturated carbocycles. The van der Waals surface area contributed by atoms with Crippen molar-refractivity contribution in [3.05, 3.63) is 59.4 Å². The van der Waals surface area contributed by atoms with Crippen molar-refractivity contribution >= 4 is 12.0 Å². The quantitative estimate of drug-likeness (QED) is 0.656. The van der Waals surface area contributed by atoms with Crippen molar-refractivity contribution < 1.29 is 32.2 Å². The number of hydrogen-bond acceptors (Lipinski definition) is 4. The first-order valence-electron chi connectivity index (χ1n) is 8.34. The molecule has 1 N–H and O–H groups in total.